The van der Waals surface area contributed by atoms with Gasteiger partial charge in [0.2, 0.25) is 10.0 Å². The molecule has 6 heteroatoms. The van der Waals surface area contributed by atoms with E-state index in [-0.39, 0.29) is 17.7 Å². The Labute approximate surface area is 98.5 Å². The first-order chi connectivity index (χ1) is 7.03. The highest BCUT2D eigenvalue weighted by molar-refractivity contribution is 7.89. The maximum Gasteiger partial charge on any atom is 0.211 e. The third-order valence-corrected chi connectivity index (χ3v) is 3.63. The molecular weight excluding hydrogens is 228 g/mol. The van der Waals surface area contributed by atoms with Crippen molar-refractivity contribution in [2.75, 3.05) is 12.3 Å². The summed E-state index contributed by atoms with van der Waals surface area (Å²) in [7, 11) is -3.28. The molecule has 0 saturated carbocycles. The number of nitrogens with one attached hydrogen (secondary N) is 1. The molecule has 5 nitrogen and oxygen atoms in total. The standard InChI is InChI=1S/C10H24N2O3S/c1-8(13)9(11)7-12-16(14,15)6-5-10(2,3)4/h8-9,12-13H,5-7,11H2,1-4H3. The van der Waals surface area contributed by atoms with Crippen LogP contribution in [0.1, 0.15) is 34.1 Å². The fourth-order valence-corrected chi connectivity index (χ4v) is 2.38. The minimum absolute atomic E-state index is 0.0128. The third-order valence-electron chi connectivity index (χ3n) is 2.28. The maximum absolute atomic E-state index is 11.6. The van der Waals surface area contributed by atoms with E-state index >= 15 is 0 Å². The number of aliphatic hydroxyl groups excluding tert-OH is 1. The zero-order chi connectivity index (χ0) is 13.0. The van der Waals surface area contributed by atoms with E-state index in [0.29, 0.717) is 6.42 Å². The van der Waals surface area contributed by atoms with Gasteiger partial charge in [0.25, 0.3) is 0 Å². The zero-order valence-corrected chi connectivity index (χ0v) is 11.3. The number of rotatable bonds is 6. The first-order valence-electron chi connectivity index (χ1n) is 5.44. The molecule has 0 aliphatic heterocycles. The van der Waals surface area contributed by atoms with Crippen LogP contribution in [0.25, 0.3) is 0 Å². The van der Waals surface area contributed by atoms with Gasteiger partial charge in [-0.05, 0) is 18.8 Å². The van der Waals surface area contributed by atoms with E-state index in [1.54, 1.807) is 0 Å². The molecule has 0 aromatic rings. The molecule has 4 N–H and O–H groups in total. The summed E-state index contributed by atoms with van der Waals surface area (Å²) in [6.07, 6.45) is -0.128. The van der Waals surface area contributed by atoms with Crippen LogP contribution >= 0.6 is 0 Å². The number of aliphatic hydroxyl groups is 1. The third kappa shape index (κ3) is 8.04. The van der Waals surface area contributed by atoms with E-state index in [0.717, 1.165) is 0 Å². The highest BCUT2D eigenvalue weighted by Gasteiger charge is 2.18. The van der Waals surface area contributed by atoms with Gasteiger partial charge in [0, 0.05) is 12.6 Å². The first kappa shape index (κ1) is 15.8. The topological polar surface area (TPSA) is 92.4 Å². The molecule has 0 radical (unpaired) electrons. The van der Waals surface area contributed by atoms with Crippen molar-refractivity contribution < 1.29 is 13.5 Å². The summed E-state index contributed by atoms with van der Waals surface area (Å²) in [5.41, 5.74) is 5.52. The Balaban J connectivity index is 4.07. The van der Waals surface area contributed by atoms with Crippen LogP contribution in [0.15, 0.2) is 0 Å². The van der Waals surface area contributed by atoms with Gasteiger partial charge >= 0.3 is 0 Å². The molecule has 0 saturated heterocycles. The van der Waals surface area contributed by atoms with Gasteiger partial charge in [-0.2, -0.15) is 0 Å². The molecule has 0 fully saturated rings. The van der Waals surface area contributed by atoms with E-state index in [2.05, 4.69) is 4.72 Å². The van der Waals surface area contributed by atoms with E-state index in [1.165, 1.54) is 6.92 Å². The molecule has 2 atom stereocenters. The van der Waals surface area contributed by atoms with Gasteiger partial charge in [0.15, 0.2) is 0 Å². The van der Waals surface area contributed by atoms with E-state index in [1.807, 2.05) is 20.8 Å². The molecule has 16 heavy (non-hydrogen) atoms. The van der Waals surface area contributed by atoms with Crippen molar-refractivity contribution in [3.8, 4) is 0 Å². The second-order valence-electron chi connectivity index (χ2n) is 5.38. The van der Waals surface area contributed by atoms with Crippen molar-refractivity contribution in [2.45, 2.75) is 46.3 Å². The van der Waals surface area contributed by atoms with Crippen LogP contribution in [-0.4, -0.2) is 38.0 Å². The Morgan fingerprint density at radius 1 is 1.38 bits per heavy atom. The average molecular weight is 252 g/mol. The predicted octanol–water partition coefficient (Wildman–Crippen LogP) is 0.0501. The summed E-state index contributed by atoms with van der Waals surface area (Å²) in [5.74, 6) is 0.0863. The quantitative estimate of drug-likeness (QED) is 0.623. The van der Waals surface area contributed by atoms with Crippen molar-refractivity contribution in [3.63, 3.8) is 0 Å². The van der Waals surface area contributed by atoms with Gasteiger partial charge in [-0.1, -0.05) is 20.8 Å². The van der Waals surface area contributed by atoms with Crippen molar-refractivity contribution in [1.82, 2.24) is 4.72 Å². The molecule has 0 heterocycles. The highest BCUT2D eigenvalue weighted by Crippen LogP contribution is 2.18. The Kier molecular flexibility index (Phi) is 5.89. The van der Waals surface area contributed by atoms with Crippen LogP contribution in [0, 0.1) is 5.41 Å². The molecule has 0 rings (SSSR count). The molecular formula is C10H24N2O3S. The lowest BCUT2D eigenvalue weighted by Crippen LogP contribution is -2.44. The average Bonchev–Trinajstić information content (AvgIpc) is 2.10. The lowest BCUT2D eigenvalue weighted by atomic mass is 9.94. The fourth-order valence-electron chi connectivity index (χ4n) is 0.906. The number of hydrogen-bond donors (Lipinski definition) is 3. The van der Waals surface area contributed by atoms with E-state index in [9.17, 15) is 8.42 Å². The molecule has 0 aliphatic rings. The summed E-state index contributed by atoms with van der Waals surface area (Å²) < 4.78 is 25.5. The number of sulfonamides is 1. The van der Waals surface area contributed by atoms with Crippen LogP contribution in [0.4, 0.5) is 0 Å². The summed E-state index contributed by atoms with van der Waals surface area (Å²) in [4.78, 5) is 0. The number of hydrogen-bond acceptors (Lipinski definition) is 4. The molecule has 98 valence electrons. The molecule has 0 aromatic heterocycles. The second kappa shape index (κ2) is 5.95. The first-order valence-corrected chi connectivity index (χ1v) is 7.10. The highest BCUT2D eigenvalue weighted by atomic mass is 32.2. The molecule has 2 unspecified atom stereocenters. The Morgan fingerprint density at radius 2 is 1.88 bits per heavy atom. The van der Waals surface area contributed by atoms with Crippen LogP contribution in [0.3, 0.4) is 0 Å². The van der Waals surface area contributed by atoms with Crippen LogP contribution in [0.2, 0.25) is 0 Å². The minimum Gasteiger partial charge on any atom is -0.392 e. The van der Waals surface area contributed by atoms with Crippen LogP contribution in [0.5, 0.6) is 0 Å². The minimum atomic E-state index is -3.28. The summed E-state index contributed by atoms with van der Waals surface area (Å²) in [6, 6.07) is -0.565. The largest absolute Gasteiger partial charge is 0.392 e. The van der Waals surface area contributed by atoms with Crippen LogP contribution in [-0.2, 0) is 10.0 Å². The smallest absolute Gasteiger partial charge is 0.211 e. The van der Waals surface area contributed by atoms with Gasteiger partial charge in [-0.25, -0.2) is 13.1 Å². The Hall–Kier alpha value is -0.170. The van der Waals surface area contributed by atoms with Crippen molar-refractivity contribution in [2.24, 2.45) is 11.1 Å². The number of nitrogens with two attached hydrogens (primary N) is 1. The summed E-state index contributed by atoms with van der Waals surface area (Å²) in [5, 5.41) is 9.12. The van der Waals surface area contributed by atoms with E-state index in [4.69, 9.17) is 10.8 Å². The van der Waals surface area contributed by atoms with Crippen molar-refractivity contribution in [3.05, 3.63) is 0 Å². The normalized spacial score (nSPS) is 17.1. The second-order valence-corrected chi connectivity index (χ2v) is 7.31. The molecule has 0 amide bonds. The fraction of sp³-hybridized carbons (Fsp3) is 1.00. The lowest BCUT2D eigenvalue weighted by Gasteiger charge is -2.19. The predicted molar refractivity (Wildman–Crippen MR) is 65.5 cm³/mol. The Morgan fingerprint density at radius 3 is 2.25 bits per heavy atom. The van der Waals surface area contributed by atoms with Gasteiger partial charge in [0.1, 0.15) is 0 Å². The molecule has 0 spiro atoms. The lowest BCUT2D eigenvalue weighted by molar-refractivity contribution is 0.164. The van der Waals surface area contributed by atoms with Gasteiger partial charge in [-0.3, -0.25) is 0 Å². The molecule has 0 bridgehead atoms. The van der Waals surface area contributed by atoms with Crippen molar-refractivity contribution in [1.29, 1.82) is 0 Å². The summed E-state index contributed by atoms with van der Waals surface area (Å²) in [6.45, 7) is 7.58. The summed E-state index contributed by atoms with van der Waals surface area (Å²) >= 11 is 0. The Bertz CT molecular complexity index is 294. The maximum atomic E-state index is 11.6. The van der Waals surface area contributed by atoms with Gasteiger partial charge in [0.05, 0.1) is 11.9 Å². The SMILES string of the molecule is CC(O)C(N)CNS(=O)(=O)CCC(C)(C)C. The van der Waals surface area contributed by atoms with Gasteiger partial charge in [-0.15, -0.1) is 0 Å². The molecule has 0 aliphatic carbocycles. The molecule has 0 aromatic carbocycles. The van der Waals surface area contributed by atoms with Gasteiger partial charge < -0.3 is 10.8 Å². The van der Waals surface area contributed by atoms with Crippen LogP contribution < -0.4 is 10.5 Å². The van der Waals surface area contributed by atoms with Crippen molar-refractivity contribution >= 4 is 10.0 Å². The monoisotopic (exact) mass is 252 g/mol. The zero-order valence-electron chi connectivity index (χ0n) is 10.5. The van der Waals surface area contributed by atoms with E-state index < -0.39 is 22.2 Å².